The molecule has 0 atom stereocenters. The fourth-order valence-electron chi connectivity index (χ4n) is 9.05. The monoisotopic (exact) mass is 874 g/mol. The van der Waals surface area contributed by atoms with Crippen LogP contribution in [-0.2, 0) is 12.5 Å². The topological polar surface area (TPSA) is 9.23 Å². The van der Waals surface area contributed by atoms with Gasteiger partial charge in [0.15, 0.2) is 34.9 Å². The number of rotatable bonds is 12. The lowest BCUT2D eigenvalue weighted by atomic mass is 9.68. The van der Waals surface area contributed by atoms with Crippen molar-refractivity contribution in [2.45, 2.75) is 109 Å². The Morgan fingerprint density at radius 1 is 0.516 bits per heavy atom. The van der Waals surface area contributed by atoms with Gasteiger partial charge < -0.3 is 4.74 Å². The fraction of sp³-hybridized carbons (Fsp3) is 0.400. The highest BCUT2D eigenvalue weighted by molar-refractivity contribution is 5.72. The maximum Gasteiger partial charge on any atom is 0.429 e. The third-order valence-electron chi connectivity index (χ3n) is 12.4. The van der Waals surface area contributed by atoms with Crippen molar-refractivity contribution in [2.24, 2.45) is 17.8 Å². The van der Waals surface area contributed by atoms with Gasteiger partial charge >= 0.3 is 6.11 Å². The van der Waals surface area contributed by atoms with E-state index in [1.165, 1.54) is 51.0 Å². The van der Waals surface area contributed by atoms with Crippen molar-refractivity contribution in [1.82, 2.24) is 0 Å². The highest BCUT2D eigenvalue weighted by Gasteiger charge is 2.39. The predicted molar refractivity (Wildman–Crippen MR) is 218 cm³/mol. The van der Waals surface area contributed by atoms with E-state index in [1.54, 1.807) is 12.1 Å². The van der Waals surface area contributed by atoms with E-state index in [9.17, 15) is 48.3 Å². The molecule has 2 fully saturated rings. The first kappa shape index (κ1) is 46.6. The molecule has 332 valence electrons. The van der Waals surface area contributed by atoms with E-state index in [1.807, 2.05) is 12.1 Å². The second-order valence-electron chi connectivity index (χ2n) is 16.6. The summed E-state index contributed by atoms with van der Waals surface area (Å²) in [6.07, 6.45) is 10.8. The number of halogens is 11. The molecule has 0 heterocycles. The summed E-state index contributed by atoms with van der Waals surface area (Å²) in [5, 5.41) is 0. The summed E-state index contributed by atoms with van der Waals surface area (Å²) >= 11 is 0. The summed E-state index contributed by atoms with van der Waals surface area (Å²) in [5.74, 6) is -11.4. The van der Waals surface area contributed by atoms with Crippen LogP contribution in [0, 0.1) is 70.1 Å². The maximum absolute atomic E-state index is 14.8. The van der Waals surface area contributed by atoms with Gasteiger partial charge in [-0.3, -0.25) is 0 Å². The third-order valence-corrected chi connectivity index (χ3v) is 12.4. The van der Waals surface area contributed by atoms with E-state index in [2.05, 4.69) is 18.6 Å². The largest absolute Gasteiger partial charge is 0.429 e. The van der Waals surface area contributed by atoms with Gasteiger partial charge in [-0.25, -0.2) is 39.5 Å². The highest BCUT2D eigenvalue weighted by Crippen LogP contribution is 2.45. The second kappa shape index (κ2) is 20.5. The van der Waals surface area contributed by atoms with Crippen molar-refractivity contribution in [3.05, 3.63) is 148 Å². The number of hydrogen-bond donors (Lipinski definition) is 0. The van der Waals surface area contributed by atoms with Gasteiger partial charge in [-0.15, -0.1) is 0 Å². The molecule has 0 unspecified atom stereocenters. The number of aryl methyl sites for hydroxylation is 1. The molecule has 0 N–H and O–H groups in total. The van der Waals surface area contributed by atoms with E-state index in [0.717, 1.165) is 80.2 Å². The number of hydrogen-bond acceptors (Lipinski definition) is 1. The molecule has 5 aromatic rings. The van der Waals surface area contributed by atoms with Gasteiger partial charge in [-0.05, 0) is 133 Å². The molecule has 0 amide bonds. The first-order valence-corrected chi connectivity index (χ1v) is 21.3. The van der Waals surface area contributed by atoms with E-state index >= 15 is 0 Å². The Hall–Kier alpha value is -4.87. The molecular weight excluding hydrogens is 826 g/mol. The Kier molecular flexibility index (Phi) is 15.4. The standard InChI is InChI=1S/C29H34F6O.C21H15F5/c1-2-3-4-18-5-7-19(8-6-18)20-9-11-21(12-10-20)22-13-14-24(25(30)15-22)29(34,35)36-23-16-26(31)28(33)27(32)17-23;1-2-3-12-4-6-13(7-5-12)14-8-16(22)20(17(23)9-14)15-10-18(24)21(26)19(25)11-15/h13-21H,2-12H2,1H3;4-11H,2-3H2,1H3. The lowest BCUT2D eigenvalue weighted by Crippen LogP contribution is -2.26. The molecule has 2 aliphatic carbocycles. The minimum Gasteiger partial charge on any atom is -0.429 e. The first-order valence-electron chi connectivity index (χ1n) is 21.3. The van der Waals surface area contributed by atoms with E-state index in [-0.39, 0.29) is 5.92 Å². The molecule has 0 aromatic heterocycles. The zero-order valence-electron chi connectivity index (χ0n) is 34.6. The molecule has 0 bridgehead atoms. The summed E-state index contributed by atoms with van der Waals surface area (Å²) in [5.41, 5.74) is 0.666. The predicted octanol–water partition coefficient (Wildman–Crippen LogP) is 16.3. The Morgan fingerprint density at radius 2 is 1.03 bits per heavy atom. The average Bonchev–Trinajstić information content (AvgIpc) is 3.24. The normalized spacial score (nSPS) is 19.2. The zero-order chi connectivity index (χ0) is 44.7. The van der Waals surface area contributed by atoms with Crippen LogP contribution in [0.25, 0.3) is 22.3 Å². The van der Waals surface area contributed by atoms with Gasteiger partial charge in [0.05, 0.1) is 11.1 Å². The van der Waals surface area contributed by atoms with Gasteiger partial charge in [0.1, 0.15) is 23.2 Å². The summed E-state index contributed by atoms with van der Waals surface area (Å²) in [6.45, 7) is 4.29. The molecule has 1 nitrogen and oxygen atoms in total. The molecule has 2 aliphatic rings. The van der Waals surface area contributed by atoms with Gasteiger partial charge in [0.25, 0.3) is 0 Å². The van der Waals surface area contributed by atoms with Crippen LogP contribution in [-0.4, -0.2) is 0 Å². The Labute approximate surface area is 355 Å². The van der Waals surface area contributed by atoms with Crippen molar-refractivity contribution < 1.29 is 53.0 Å². The van der Waals surface area contributed by atoms with Crippen LogP contribution in [0.4, 0.5) is 48.3 Å². The lowest BCUT2D eigenvalue weighted by Gasteiger charge is -2.38. The van der Waals surface area contributed by atoms with Gasteiger partial charge in [-0.1, -0.05) is 82.7 Å². The molecule has 0 aliphatic heterocycles. The summed E-state index contributed by atoms with van der Waals surface area (Å²) in [4.78, 5) is 0. The smallest absolute Gasteiger partial charge is 0.429 e. The quantitative estimate of drug-likeness (QED) is 0.0896. The van der Waals surface area contributed by atoms with Crippen LogP contribution in [0.5, 0.6) is 5.75 Å². The number of unbranched alkanes of at least 4 members (excludes halogenated alkanes) is 1. The van der Waals surface area contributed by atoms with Crippen LogP contribution in [0.15, 0.2) is 78.9 Å². The number of ether oxygens (including phenoxy) is 1. The minimum absolute atomic E-state index is 0.112. The zero-order valence-corrected chi connectivity index (χ0v) is 34.6. The summed E-state index contributed by atoms with van der Waals surface area (Å²) in [6, 6.07) is 14.8. The third kappa shape index (κ3) is 11.2. The highest BCUT2D eigenvalue weighted by atomic mass is 19.3. The fourth-order valence-corrected chi connectivity index (χ4v) is 9.05. The van der Waals surface area contributed by atoms with Gasteiger partial charge in [0.2, 0.25) is 0 Å². The van der Waals surface area contributed by atoms with Crippen LogP contribution in [0.2, 0.25) is 0 Å². The van der Waals surface area contributed by atoms with Crippen LogP contribution >= 0.6 is 0 Å². The van der Waals surface area contributed by atoms with Crippen LogP contribution in [0.1, 0.15) is 114 Å². The Bertz CT molecular complexity index is 2220. The van der Waals surface area contributed by atoms with Crippen molar-refractivity contribution in [3.8, 4) is 28.0 Å². The number of alkyl halides is 2. The van der Waals surface area contributed by atoms with E-state index < -0.39 is 80.9 Å². The van der Waals surface area contributed by atoms with E-state index in [0.29, 0.717) is 46.9 Å². The first-order chi connectivity index (χ1) is 29.6. The van der Waals surface area contributed by atoms with Gasteiger partial charge in [-0.2, -0.15) is 8.78 Å². The van der Waals surface area contributed by atoms with Crippen molar-refractivity contribution in [2.75, 3.05) is 0 Å². The van der Waals surface area contributed by atoms with Crippen LogP contribution < -0.4 is 4.74 Å². The number of benzene rings is 5. The Morgan fingerprint density at radius 3 is 1.55 bits per heavy atom. The molecule has 62 heavy (non-hydrogen) atoms. The lowest BCUT2D eigenvalue weighted by molar-refractivity contribution is -0.187. The minimum atomic E-state index is -4.19. The maximum atomic E-state index is 14.8. The second-order valence-corrected chi connectivity index (χ2v) is 16.6. The van der Waals surface area contributed by atoms with Crippen molar-refractivity contribution in [3.63, 3.8) is 0 Å². The van der Waals surface area contributed by atoms with Crippen molar-refractivity contribution in [1.29, 1.82) is 0 Å². The molecule has 0 radical (unpaired) electrons. The SMILES string of the molecule is CCCCC1CCC(C2CCC(c3ccc(C(F)(F)Oc4cc(F)c(F)c(F)c4)c(F)c3)CC2)CC1.CCCc1ccc(-c2cc(F)c(-c3cc(F)c(F)c(F)c3)c(F)c2)cc1. The molecule has 2 saturated carbocycles. The van der Waals surface area contributed by atoms with Gasteiger partial charge in [0, 0.05) is 12.1 Å². The molecular formula is C50H49F11O. The molecule has 5 aromatic carbocycles. The van der Waals surface area contributed by atoms with Crippen molar-refractivity contribution >= 4 is 0 Å². The molecule has 7 rings (SSSR count). The Balaban J connectivity index is 0.000000218. The summed E-state index contributed by atoms with van der Waals surface area (Å²) < 4.78 is 157. The molecule has 0 saturated heterocycles. The van der Waals surface area contributed by atoms with Crippen LogP contribution in [0.3, 0.4) is 0 Å². The van der Waals surface area contributed by atoms with E-state index in [4.69, 9.17) is 0 Å². The molecule has 12 heteroatoms. The summed E-state index contributed by atoms with van der Waals surface area (Å²) in [7, 11) is 0. The average molecular weight is 875 g/mol. The molecule has 0 spiro atoms.